The third-order valence-electron chi connectivity index (χ3n) is 6.31. The third kappa shape index (κ3) is 4.62. The van der Waals surface area contributed by atoms with Crippen molar-refractivity contribution in [2.45, 2.75) is 11.4 Å². The molecule has 1 unspecified atom stereocenters. The quantitative estimate of drug-likeness (QED) is 0.182. The number of carbonyl (C=O) groups is 3. The van der Waals surface area contributed by atoms with Crippen LogP contribution in [0.15, 0.2) is 21.8 Å². The first-order chi connectivity index (χ1) is 16.1. The topological polar surface area (TPSA) is 153 Å². The normalized spacial score (nSPS) is 25.0. The zero-order chi connectivity index (χ0) is 24.6. The van der Waals surface area contributed by atoms with Crippen LogP contribution >= 0.6 is 23.1 Å². The fourth-order valence-corrected chi connectivity index (χ4v) is 6.24. The number of amides is 2. The summed E-state index contributed by atoms with van der Waals surface area (Å²) in [6, 6.07) is -0.903. The second-order valence-electron chi connectivity index (χ2n) is 8.82. The Kier molecular flexibility index (Phi) is 6.85. The average molecular weight is 510 g/mol. The highest BCUT2D eigenvalue weighted by Crippen LogP contribution is 2.40. The number of β-lactam (4-membered cyclic amide) rings is 1. The number of carboxylic acid groups (broad SMARTS) is 1. The molecule has 184 valence electrons. The van der Waals surface area contributed by atoms with E-state index in [9.17, 15) is 19.5 Å². The number of nitrogens with two attached hydrogens (primary N) is 1. The van der Waals surface area contributed by atoms with Crippen LogP contribution in [0.4, 0.5) is 5.13 Å². The molecule has 0 saturated carbocycles. The van der Waals surface area contributed by atoms with Crippen molar-refractivity contribution in [3.05, 3.63) is 22.3 Å². The van der Waals surface area contributed by atoms with Crippen LogP contribution in [0.5, 0.6) is 0 Å². The number of thioether (sulfide) groups is 1. The Morgan fingerprint density at radius 1 is 1.41 bits per heavy atom. The first-order valence-electron chi connectivity index (χ1n) is 10.7. The molecular formula is C20H27N7O5S2. The lowest BCUT2D eigenvalue weighted by Gasteiger charge is -2.51. The number of thiazole rings is 1. The summed E-state index contributed by atoms with van der Waals surface area (Å²) in [6.07, 6.45) is 0. The minimum atomic E-state index is -1.38. The number of fused-ring (bicyclic) bond motifs is 1. The molecule has 2 amide bonds. The molecule has 0 radical (unpaired) electrons. The van der Waals surface area contributed by atoms with Crippen LogP contribution in [0.1, 0.15) is 5.69 Å². The zero-order valence-corrected chi connectivity index (χ0v) is 20.8. The van der Waals surface area contributed by atoms with Gasteiger partial charge in [0.05, 0.1) is 31.8 Å². The molecule has 0 aliphatic carbocycles. The largest absolute Gasteiger partial charge is 0.543 e. The van der Waals surface area contributed by atoms with Crippen molar-refractivity contribution in [3.8, 4) is 0 Å². The summed E-state index contributed by atoms with van der Waals surface area (Å²) in [5.74, 6) is -2.10. The maximum Gasteiger partial charge on any atom is 0.276 e. The van der Waals surface area contributed by atoms with E-state index in [1.54, 1.807) is 5.38 Å². The number of carboxylic acids is 1. The molecule has 0 aromatic carbocycles. The van der Waals surface area contributed by atoms with Crippen LogP contribution in [-0.2, 0) is 19.2 Å². The van der Waals surface area contributed by atoms with E-state index in [1.165, 1.54) is 23.8 Å². The molecule has 2 fully saturated rings. The van der Waals surface area contributed by atoms with Gasteiger partial charge >= 0.3 is 0 Å². The fourth-order valence-electron chi connectivity index (χ4n) is 4.36. The van der Waals surface area contributed by atoms with Gasteiger partial charge in [-0.05, 0) is 7.05 Å². The number of hydrogen-bond donors (Lipinski definition) is 2. The molecule has 4 heterocycles. The Labute approximate surface area is 205 Å². The van der Waals surface area contributed by atoms with Crippen molar-refractivity contribution in [1.29, 1.82) is 0 Å². The number of aromatic nitrogens is 1. The van der Waals surface area contributed by atoms with Crippen LogP contribution in [0.3, 0.4) is 0 Å². The Morgan fingerprint density at radius 2 is 2.12 bits per heavy atom. The second-order valence-corrected chi connectivity index (χ2v) is 10.8. The Morgan fingerprint density at radius 3 is 2.71 bits per heavy atom. The summed E-state index contributed by atoms with van der Waals surface area (Å²) in [5, 5.41) is 19.7. The Bertz CT molecular complexity index is 1060. The van der Waals surface area contributed by atoms with Gasteiger partial charge in [-0.1, -0.05) is 5.16 Å². The molecule has 4 rings (SSSR count). The van der Waals surface area contributed by atoms with Gasteiger partial charge in [-0.3, -0.25) is 19.4 Å². The van der Waals surface area contributed by atoms with Crippen molar-refractivity contribution in [1.82, 2.24) is 20.1 Å². The summed E-state index contributed by atoms with van der Waals surface area (Å²) >= 11 is 2.56. The smallest absolute Gasteiger partial charge is 0.276 e. The van der Waals surface area contributed by atoms with Crippen molar-refractivity contribution < 1.29 is 28.8 Å². The summed E-state index contributed by atoms with van der Waals surface area (Å²) < 4.78 is 0.706. The highest BCUT2D eigenvalue weighted by Gasteiger charge is 2.53. The number of carbonyl (C=O) groups excluding carboxylic acids is 3. The van der Waals surface area contributed by atoms with E-state index in [4.69, 9.17) is 10.6 Å². The molecule has 3 N–H and O–H groups in total. The number of quaternary nitrogens is 1. The first-order valence-corrected chi connectivity index (χ1v) is 12.6. The average Bonchev–Trinajstić information content (AvgIpc) is 3.23. The maximum absolute atomic E-state index is 13.0. The van der Waals surface area contributed by atoms with Gasteiger partial charge in [-0.2, -0.15) is 0 Å². The van der Waals surface area contributed by atoms with E-state index in [2.05, 4.69) is 34.5 Å². The number of rotatable bonds is 7. The molecule has 1 aromatic heterocycles. The molecule has 0 bridgehead atoms. The molecule has 34 heavy (non-hydrogen) atoms. The number of nitrogens with zero attached hydrogens (tertiary/aromatic N) is 5. The molecule has 12 nitrogen and oxygen atoms in total. The van der Waals surface area contributed by atoms with Gasteiger partial charge in [-0.15, -0.1) is 23.1 Å². The first kappa shape index (κ1) is 24.4. The molecule has 2 atom stereocenters. The van der Waals surface area contributed by atoms with Gasteiger partial charge in [0, 0.05) is 29.8 Å². The molecule has 2 saturated heterocycles. The number of aliphatic carboxylic acids is 1. The summed E-state index contributed by atoms with van der Waals surface area (Å²) in [4.78, 5) is 50.2. The van der Waals surface area contributed by atoms with E-state index in [0.717, 1.165) is 37.5 Å². The molecule has 14 heteroatoms. The standard InChI is InChI=1S/C20H27N7O5S2/c1-25-4-6-27(2,7-5-25)8-11-9-33-18-14(17(29)26(18)15(11)19(30)31)23-16(28)13(24-32-3)12-10-34-20(21)22-12/h10,14,18H,4-9H2,1-3H3,(H3-,21,22,23,28,30,31)/b24-13-/t14?,18-/m0/s1. The van der Waals surface area contributed by atoms with Crippen molar-refractivity contribution >= 4 is 51.7 Å². The predicted octanol–water partition coefficient (Wildman–Crippen LogP) is -2.13. The molecule has 0 spiro atoms. The van der Waals surface area contributed by atoms with Gasteiger partial charge in [0.15, 0.2) is 10.8 Å². The number of anilines is 1. The van der Waals surface area contributed by atoms with E-state index in [1.807, 2.05) is 0 Å². The summed E-state index contributed by atoms with van der Waals surface area (Å²) in [6.45, 7) is 4.17. The van der Waals surface area contributed by atoms with Crippen molar-refractivity contribution in [2.75, 3.05) is 65.4 Å². The number of piperazine rings is 1. The van der Waals surface area contributed by atoms with Crippen LogP contribution in [0.25, 0.3) is 0 Å². The van der Waals surface area contributed by atoms with E-state index in [-0.39, 0.29) is 22.2 Å². The highest BCUT2D eigenvalue weighted by atomic mass is 32.2. The minimum Gasteiger partial charge on any atom is -0.543 e. The lowest BCUT2D eigenvalue weighted by molar-refractivity contribution is -0.909. The van der Waals surface area contributed by atoms with Crippen LogP contribution in [0, 0.1) is 0 Å². The third-order valence-corrected chi connectivity index (χ3v) is 8.32. The van der Waals surface area contributed by atoms with Crippen LogP contribution in [0.2, 0.25) is 0 Å². The van der Waals surface area contributed by atoms with Crippen molar-refractivity contribution in [3.63, 3.8) is 0 Å². The highest BCUT2D eigenvalue weighted by molar-refractivity contribution is 8.00. The lowest BCUT2D eigenvalue weighted by Crippen LogP contribution is -2.72. The van der Waals surface area contributed by atoms with Gasteiger partial charge in [0.2, 0.25) is 0 Å². The summed E-state index contributed by atoms with van der Waals surface area (Å²) in [7, 11) is 5.46. The molecule has 3 aliphatic heterocycles. The molecule has 1 aromatic rings. The number of oxime groups is 1. The maximum atomic E-state index is 13.0. The lowest BCUT2D eigenvalue weighted by atomic mass is 10.0. The Hall–Kier alpha value is -2.68. The fraction of sp³-hybridized carbons (Fsp3) is 0.550. The SMILES string of the molecule is CO/N=C(\C(=O)NC1C(=O)N2C(C(=O)[O-])=C(C[N+]3(C)CCN(C)CC3)CS[C@@H]12)c1csc(N)n1. The van der Waals surface area contributed by atoms with E-state index in [0.29, 0.717) is 22.4 Å². The van der Waals surface area contributed by atoms with Gasteiger partial charge in [0.25, 0.3) is 11.8 Å². The number of hydrogen-bond acceptors (Lipinski definition) is 11. The predicted molar refractivity (Wildman–Crippen MR) is 125 cm³/mol. The van der Waals surface area contributed by atoms with Crippen LogP contribution in [-0.4, -0.2) is 114 Å². The van der Waals surface area contributed by atoms with Gasteiger partial charge < -0.3 is 30.3 Å². The van der Waals surface area contributed by atoms with E-state index < -0.39 is 29.2 Å². The van der Waals surface area contributed by atoms with E-state index >= 15 is 0 Å². The van der Waals surface area contributed by atoms with Crippen molar-refractivity contribution in [2.24, 2.45) is 5.16 Å². The van der Waals surface area contributed by atoms with Crippen LogP contribution < -0.4 is 16.2 Å². The number of likely N-dealkylation sites (N-methyl/N-ethyl adjacent to an activating group) is 2. The molecular weight excluding hydrogens is 482 g/mol. The monoisotopic (exact) mass is 509 g/mol. The summed E-state index contributed by atoms with van der Waals surface area (Å²) in [5.41, 5.74) is 6.36. The molecule has 3 aliphatic rings. The van der Waals surface area contributed by atoms with Gasteiger partial charge in [-0.25, -0.2) is 4.98 Å². The number of nitrogen functional groups attached to an aromatic ring is 1. The van der Waals surface area contributed by atoms with Gasteiger partial charge in [0.1, 0.15) is 30.8 Å². The minimum absolute atomic E-state index is 0.0735. The Balaban J connectivity index is 1.50. The second kappa shape index (κ2) is 9.52. The number of nitrogens with one attached hydrogen (secondary N) is 1. The zero-order valence-electron chi connectivity index (χ0n) is 19.1.